The Balaban J connectivity index is 1.56. The lowest BCUT2D eigenvalue weighted by atomic mass is 9.86. The molecule has 1 aromatic rings. The standard InChI is InChI=1S/C22H36N4O/c1-4-25-15-12-22(13-16-25,24(2)3)18-23-21(27)26-14-8-11-20(17-26)19-9-6-5-7-10-19/h5-7,9-10,20H,4,8,11-18H2,1-3H3,(H,23,27)/t20-/m1/s1. The number of likely N-dealkylation sites (N-methyl/N-ethyl adjacent to an activating group) is 1. The number of amides is 2. The number of carbonyl (C=O) groups is 1. The summed E-state index contributed by atoms with van der Waals surface area (Å²) in [6.45, 7) is 8.01. The maximum Gasteiger partial charge on any atom is 0.317 e. The molecule has 5 nitrogen and oxygen atoms in total. The molecule has 1 N–H and O–H groups in total. The van der Waals surface area contributed by atoms with Gasteiger partial charge in [0.05, 0.1) is 0 Å². The summed E-state index contributed by atoms with van der Waals surface area (Å²) in [5.74, 6) is 0.460. The minimum absolute atomic E-state index is 0.0793. The zero-order valence-electron chi connectivity index (χ0n) is 17.3. The van der Waals surface area contributed by atoms with Gasteiger partial charge in [-0.15, -0.1) is 0 Å². The van der Waals surface area contributed by atoms with Crippen molar-refractivity contribution < 1.29 is 4.79 Å². The minimum Gasteiger partial charge on any atom is -0.336 e. The molecule has 2 aliphatic rings. The van der Waals surface area contributed by atoms with Crippen LogP contribution in [0.3, 0.4) is 0 Å². The Morgan fingerprint density at radius 3 is 2.52 bits per heavy atom. The highest BCUT2D eigenvalue weighted by molar-refractivity contribution is 5.74. The maximum atomic E-state index is 12.9. The number of nitrogens with one attached hydrogen (secondary N) is 1. The predicted molar refractivity (Wildman–Crippen MR) is 111 cm³/mol. The van der Waals surface area contributed by atoms with Crippen molar-refractivity contribution in [1.29, 1.82) is 0 Å². The van der Waals surface area contributed by atoms with E-state index in [1.807, 2.05) is 4.90 Å². The van der Waals surface area contributed by atoms with Crippen LogP contribution in [0, 0.1) is 0 Å². The molecule has 0 bridgehead atoms. The number of urea groups is 1. The van der Waals surface area contributed by atoms with E-state index in [1.165, 1.54) is 12.0 Å². The van der Waals surface area contributed by atoms with E-state index in [4.69, 9.17) is 0 Å². The quantitative estimate of drug-likeness (QED) is 0.864. The fraction of sp³-hybridized carbons (Fsp3) is 0.682. The van der Waals surface area contributed by atoms with Crippen molar-refractivity contribution in [2.24, 2.45) is 0 Å². The van der Waals surface area contributed by atoms with Crippen molar-refractivity contribution in [3.63, 3.8) is 0 Å². The van der Waals surface area contributed by atoms with Crippen molar-refractivity contribution in [1.82, 2.24) is 20.0 Å². The van der Waals surface area contributed by atoms with Crippen molar-refractivity contribution in [3.05, 3.63) is 35.9 Å². The van der Waals surface area contributed by atoms with Gasteiger partial charge in [-0.3, -0.25) is 0 Å². The number of rotatable bonds is 5. The molecule has 0 radical (unpaired) electrons. The highest BCUT2D eigenvalue weighted by atomic mass is 16.2. The van der Waals surface area contributed by atoms with E-state index in [0.29, 0.717) is 5.92 Å². The van der Waals surface area contributed by atoms with Gasteiger partial charge in [-0.25, -0.2) is 4.79 Å². The van der Waals surface area contributed by atoms with Gasteiger partial charge in [-0.05, 0) is 65.0 Å². The maximum absolute atomic E-state index is 12.9. The molecule has 0 aromatic heterocycles. The average molecular weight is 373 g/mol. The van der Waals surface area contributed by atoms with Gasteiger partial charge in [0.2, 0.25) is 0 Å². The molecule has 0 saturated carbocycles. The van der Waals surface area contributed by atoms with Crippen molar-refractivity contribution in [3.8, 4) is 0 Å². The van der Waals surface area contributed by atoms with Gasteiger partial charge in [-0.1, -0.05) is 37.3 Å². The van der Waals surface area contributed by atoms with Crippen LogP contribution in [-0.2, 0) is 0 Å². The Kier molecular flexibility index (Phi) is 6.77. The third kappa shape index (κ3) is 4.82. The Bertz CT molecular complexity index is 596. The monoisotopic (exact) mass is 372 g/mol. The van der Waals surface area contributed by atoms with Crippen LogP contribution in [0.1, 0.15) is 44.1 Å². The summed E-state index contributed by atoms with van der Waals surface area (Å²) in [5, 5.41) is 3.28. The van der Waals surface area contributed by atoms with E-state index < -0.39 is 0 Å². The molecule has 2 aliphatic heterocycles. The van der Waals surface area contributed by atoms with E-state index in [9.17, 15) is 4.79 Å². The van der Waals surface area contributed by atoms with Gasteiger partial charge in [0.1, 0.15) is 0 Å². The Morgan fingerprint density at radius 1 is 1.19 bits per heavy atom. The van der Waals surface area contributed by atoms with Gasteiger partial charge in [0, 0.05) is 31.1 Å². The molecule has 27 heavy (non-hydrogen) atoms. The normalized spacial score (nSPS) is 23.4. The molecule has 2 heterocycles. The average Bonchev–Trinajstić information content (AvgIpc) is 2.73. The molecule has 150 valence electrons. The second kappa shape index (κ2) is 9.07. The second-order valence-electron chi connectivity index (χ2n) is 8.41. The van der Waals surface area contributed by atoms with Crippen LogP contribution in [0.15, 0.2) is 30.3 Å². The van der Waals surface area contributed by atoms with Crippen molar-refractivity contribution in [2.75, 3.05) is 53.4 Å². The summed E-state index contributed by atoms with van der Waals surface area (Å²) in [6.07, 6.45) is 4.47. The van der Waals surface area contributed by atoms with Gasteiger partial charge in [0.15, 0.2) is 0 Å². The molecule has 0 spiro atoms. The number of carbonyl (C=O) groups excluding carboxylic acids is 1. The first kappa shape index (κ1) is 20.2. The SMILES string of the molecule is CCN1CCC(CNC(=O)N2CCC[C@@H](c3ccccc3)C2)(N(C)C)CC1. The topological polar surface area (TPSA) is 38.8 Å². The molecule has 0 aliphatic carbocycles. The largest absolute Gasteiger partial charge is 0.336 e. The van der Waals surface area contributed by atoms with Crippen LogP contribution in [0.25, 0.3) is 0 Å². The number of hydrogen-bond donors (Lipinski definition) is 1. The highest BCUT2D eigenvalue weighted by Gasteiger charge is 2.37. The molecular weight excluding hydrogens is 336 g/mol. The van der Waals surface area contributed by atoms with E-state index in [-0.39, 0.29) is 11.6 Å². The fourth-order valence-corrected chi connectivity index (χ4v) is 4.58. The highest BCUT2D eigenvalue weighted by Crippen LogP contribution is 2.28. The number of piperidine rings is 2. The van der Waals surface area contributed by atoms with E-state index in [0.717, 1.165) is 58.5 Å². The molecule has 3 rings (SSSR count). The molecular formula is C22H36N4O. The molecule has 2 amide bonds. The second-order valence-corrected chi connectivity index (χ2v) is 8.41. The molecule has 2 fully saturated rings. The first-order valence-corrected chi connectivity index (χ1v) is 10.5. The van der Waals surface area contributed by atoms with E-state index in [1.54, 1.807) is 0 Å². The van der Waals surface area contributed by atoms with Crippen LogP contribution < -0.4 is 5.32 Å². The van der Waals surface area contributed by atoms with Crippen LogP contribution in [0.2, 0.25) is 0 Å². The molecule has 0 unspecified atom stereocenters. The summed E-state index contributed by atoms with van der Waals surface area (Å²) < 4.78 is 0. The third-order valence-electron chi connectivity index (χ3n) is 6.73. The van der Waals surface area contributed by atoms with Crippen LogP contribution in [0.4, 0.5) is 4.79 Å². The zero-order valence-corrected chi connectivity index (χ0v) is 17.3. The Labute approximate surface area is 164 Å². The van der Waals surface area contributed by atoms with Gasteiger partial charge in [0.25, 0.3) is 0 Å². The molecule has 1 aromatic carbocycles. The third-order valence-corrected chi connectivity index (χ3v) is 6.73. The Morgan fingerprint density at radius 2 is 1.89 bits per heavy atom. The van der Waals surface area contributed by atoms with Crippen LogP contribution in [0.5, 0.6) is 0 Å². The van der Waals surface area contributed by atoms with Crippen molar-refractivity contribution >= 4 is 6.03 Å². The number of hydrogen-bond acceptors (Lipinski definition) is 3. The van der Waals surface area contributed by atoms with Crippen LogP contribution in [-0.4, -0.2) is 79.6 Å². The molecule has 2 saturated heterocycles. The van der Waals surface area contributed by atoms with Gasteiger partial charge in [-0.2, -0.15) is 0 Å². The number of benzene rings is 1. The molecule has 1 atom stereocenters. The first-order chi connectivity index (χ1) is 13.0. The lowest BCUT2D eigenvalue weighted by Crippen LogP contribution is -2.59. The van der Waals surface area contributed by atoms with E-state index in [2.05, 4.69) is 66.5 Å². The smallest absolute Gasteiger partial charge is 0.317 e. The fourth-order valence-electron chi connectivity index (χ4n) is 4.58. The summed E-state index contributed by atoms with van der Waals surface area (Å²) >= 11 is 0. The predicted octanol–water partition coefficient (Wildman–Crippen LogP) is 2.99. The lowest BCUT2D eigenvalue weighted by Gasteiger charge is -2.46. The van der Waals surface area contributed by atoms with Crippen LogP contribution >= 0.6 is 0 Å². The summed E-state index contributed by atoms with van der Waals surface area (Å²) in [6, 6.07) is 10.7. The van der Waals surface area contributed by atoms with Gasteiger partial charge < -0.3 is 20.0 Å². The van der Waals surface area contributed by atoms with E-state index >= 15 is 0 Å². The van der Waals surface area contributed by atoms with Gasteiger partial charge >= 0.3 is 6.03 Å². The lowest BCUT2D eigenvalue weighted by molar-refractivity contribution is 0.0582. The number of likely N-dealkylation sites (tertiary alicyclic amines) is 2. The minimum atomic E-state index is 0.0793. The molecule has 5 heteroatoms. The van der Waals surface area contributed by atoms with Crippen molar-refractivity contribution in [2.45, 2.75) is 44.1 Å². The number of nitrogens with zero attached hydrogens (tertiary/aromatic N) is 3. The summed E-state index contributed by atoms with van der Waals surface area (Å²) in [4.78, 5) is 19.7. The summed E-state index contributed by atoms with van der Waals surface area (Å²) in [5.41, 5.74) is 1.43. The first-order valence-electron chi connectivity index (χ1n) is 10.5. The Hall–Kier alpha value is -1.59. The zero-order chi connectivity index (χ0) is 19.3. The summed E-state index contributed by atoms with van der Waals surface area (Å²) in [7, 11) is 4.31.